The Morgan fingerprint density at radius 1 is 0.952 bits per heavy atom. The fourth-order valence-electron chi connectivity index (χ4n) is 1.73. The molecule has 1 rings (SSSR count). The van der Waals surface area contributed by atoms with E-state index in [2.05, 4.69) is 0 Å². The molecule has 0 fully saturated rings. The summed E-state index contributed by atoms with van der Waals surface area (Å²) in [7, 11) is -3.68. The van der Waals surface area contributed by atoms with Crippen molar-refractivity contribution in [1.29, 1.82) is 0 Å². The predicted octanol–water partition coefficient (Wildman–Crippen LogP) is 3.52. The van der Waals surface area contributed by atoms with Crippen molar-refractivity contribution in [1.82, 2.24) is 0 Å². The van der Waals surface area contributed by atoms with Crippen molar-refractivity contribution in [3.63, 3.8) is 0 Å². The van der Waals surface area contributed by atoms with Gasteiger partial charge in [-0.2, -0.15) is 8.42 Å². The zero-order chi connectivity index (χ0) is 15.6. The number of benzene rings is 1. The normalized spacial score (nSPS) is 11.7. The SMILES string of the molecule is Cc1ccc(S(=O)(=O)OCCOCCCCCCCl)cc1. The van der Waals surface area contributed by atoms with E-state index in [9.17, 15) is 8.42 Å². The standard InChI is InChI=1S/C15H23ClO4S/c1-14-6-8-15(9-7-14)21(17,18)20-13-12-19-11-5-3-2-4-10-16/h6-9H,2-5,10-13H2,1H3. The van der Waals surface area contributed by atoms with Gasteiger partial charge in [0.1, 0.15) is 0 Å². The molecule has 6 heteroatoms. The molecule has 0 saturated heterocycles. The summed E-state index contributed by atoms with van der Waals surface area (Å²) in [6, 6.07) is 6.58. The molecule has 0 aliphatic heterocycles. The minimum Gasteiger partial charge on any atom is -0.379 e. The van der Waals surface area contributed by atoms with Gasteiger partial charge in [0.25, 0.3) is 10.1 Å². The first-order valence-electron chi connectivity index (χ1n) is 7.16. The Kier molecular flexibility index (Phi) is 8.92. The molecule has 21 heavy (non-hydrogen) atoms. The third-order valence-electron chi connectivity index (χ3n) is 2.95. The third kappa shape index (κ3) is 7.81. The van der Waals surface area contributed by atoms with Crippen molar-refractivity contribution in [2.75, 3.05) is 25.7 Å². The minimum atomic E-state index is -3.68. The van der Waals surface area contributed by atoms with Gasteiger partial charge in [-0.1, -0.05) is 30.5 Å². The molecule has 0 saturated carbocycles. The van der Waals surface area contributed by atoms with Gasteiger partial charge in [-0.25, -0.2) is 0 Å². The summed E-state index contributed by atoms with van der Waals surface area (Å²) in [5.74, 6) is 0.700. The van der Waals surface area contributed by atoms with Gasteiger partial charge < -0.3 is 4.74 Å². The average Bonchev–Trinajstić information content (AvgIpc) is 2.46. The van der Waals surface area contributed by atoms with E-state index in [4.69, 9.17) is 20.5 Å². The van der Waals surface area contributed by atoms with Crippen molar-refractivity contribution in [3.05, 3.63) is 29.8 Å². The van der Waals surface area contributed by atoms with Crippen LogP contribution in [0.2, 0.25) is 0 Å². The fraction of sp³-hybridized carbons (Fsp3) is 0.600. The van der Waals surface area contributed by atoms with Crippen LogP contribution >= 0.6 is 11.6 Å². The largest absolute Gasteiger partial charge is 0.379 e. The summed E-state index contributed by atoms with van der Waals surface area (Å²) in [6.45, 7) is 2.84. The van der Waals surface area contributed by atoms with E-state index in [1.54, 1.807) is 24.3 Å². The van der Waals surface area contributed by atoms with Gasteiger partial charge in [0, 0.05) is 12.5 Å². The Morgan fingerprint density at radius 2 is 1.62 bits per heavy atom. The van der Waals surface area contributed by atoms with E-state index >= 15 is 0 Å². The molecule has 0 N–H and O–H groups in total. The Balaban J connectivity index is 2.15. The van der Waals surface area contributed by atoms with Crippen molar-refractivity contribution in [2.45, 2.75) is 37.5 Å². The summed E-state index contributed by atoms with van der Waals surface area (Å²) in [5.41, 5.74) is 1.01. The lowest BCUT2D eigenvalue weighted by Gasteiger charge is -2.07. The molecule has 0 spiro atoms. The predicted molar refractivity (Wildman–Crippen MR) is 84.3 cm³/mol. The number of halogens is 1. The number of ether oxygens (including phenoxy) is 1. The number of rotatable bonds is 11. The molecule has 1 aromatic carbocycles. The molecule has 0 heterocycles. The lowest BCUT2D eigenvalue weighted by molar-refractivity contribution is 0.0990. The van der Waals surface area contributed by atoms with E-state index in [0.29, 0.717) is 12.5 Å². The summed E-state index contributed by atoms with van der Waals surface area (Å²) in [6.07, 6.45) is 4.17. The molecular weight excluding hydrogens is 312 g/mol. The van der Waals surface area contributed by atoms with Gasteiger partial charge in [0.2, 0.25) is 0 Å². The van der Waals surface area contributed by atoms with Crippen LogP contribution in [0.1, 0.15) is 31.2 Å². The van der Waals surface area contributed by atoms with Crippen LogP contribution in [0.4, 0.5) is 0 Å². The van der Waals surface area contributed by atoms with E-state index < -0.39 is 10.1 Å². The summed E-state index contributed by atoms with van der Waals surface area (Å²) in [5, 5.41) is 0. The maximum absolute atomic E-state index is 11.9. The molecule has 0 aromatic heterocycles. The van der Waals surface area contributed by atoms with Crippen LogP contribution in [0.15, 0.2) is 29.2 Å². The Bertz CT molecular complexity index is 485. The molecule has 0 aliphatic rings. The van der Waals surface area contributed by atoms with Crippen LogP contribution < -0.4 is 0 Å². The second-order valence-electron chi connectivity index (χ2n) is 4.80. The number of hydrogen-bond acceptors (Lipinski definition) is 4. The molecule has 0 unspecified atom stereocenters. The van der Waals surface area contributed by atoms with Gasteiger partial charge in [-0.3, -0.25) is 4.18 Å². The maximum Gasteiger partial charge on any atom is 0.297 e. The molecule has 0 aliphatic carbocycles. The lowest BCUT2D eigenvalue weighted by atomic mass is 10.2. The van der Waals surface area contributed by atoms with E-state index in [-0.39, 0.29) is 18.1 Å². The zero-order valence-corrected chi connectivity index (χ0v) is 14.0. The van der Waals surface area contributed by atoms with Crippen LogP contribution in [0, 0.1) is 6.92 Å². The second-order valence-corrected chi connectivity index (χ2v) is 6.80. The van der Waals surface area contributed by atoms with E-state index in [0.717, 1.165) is 31.2 Å². The van der Waals surface area contributed by atoms with Crippen molar-refractivity contribution >= 4 is 21.7 Å². The van der Waals surface area contributed by atoms with Crippen LogP contribution in [0.5, 0.6) is 0 Å². The average molecular weight is 335 g/mol. The Morgan fingerprint density at radius 3 is 2.29 bits per heavy atom. The molecule has 0 bridgehead atoms. The number of aryl methyl sites for hydroxylation is 1. The first-order chi connectivity index (χ1) is 10.1. The van der Waals surface area contributed by atoms with Crippen LogP contribution in [-0.4, -0.2) is 34.1 Å². The third-order valence-corrected chi connectivity index (χ3v) is 4.54. The summed E-state index contributed by atoms with van der Waals surface area (Å²) in [4.78, 5) is 0.175. The van der Waals surface area contributed by atoms with Gasteiger partial charge >= 0.3 is 0 Å². The molecule has 4 nitrogen and oxygen atoms in total. The maximum atomic E-state index is 11.9. The Hall–Kier alpha value is -0.620. The topological polar surface area (TPSA) is 52.6 Å². The first kappa shape index (κ1) is 18.4. The van der Waals surface area contributed by atoms with Gasteiger partial charge in [0.05, 0.1) is 18.1 Å². The highest BCUT2D eigenvalue weighted by molar-refractivity contribution is 7.86. The number of alkyl halides is 1. The van der Waals surface area contributed by atoms with Crippen molar-refractivity contribution < 1.29 is 17.3 Å². The highest BCUT2D eigenvalue weighted by Crippen LogP contribution is 2.12. The minimum absolute atomic E-state index is 0.0396. The Labute approximate surface area is 132 Å². The highest BCUT2D eigenvalue weighted by atomic mass is 35.5. The smallest absolute Gasteiger partial charge is 0.297 e. The van der Waals surface area contributed by atoms with Crippen LogP contribution in [-0.2, 0) is 19.0 Å². The monoisotopic (exact) mass is 334 g/mol. The van der Waals surface area contributed by atoms with Gasteiger partial charge in [0.15, 0.2) is 0 Å². The molecular formula is C15H23ClO4S. The lowest BCUT2D eigenvalue weighted by Crippen LogP contribution is -2.12. The van der Waals surface area contributed by atoms with E-state index in [1.165, 1.54) is 0 Å². The molecule has 1 aromatic rings. The van der Waals surface area contributed by atoms with Crippen LogP contribution in [0.25, 0.3) is 0 Å². The summed E-state index contributed by atoms with van der Waals surface area (Å²) < 4.78 is 34.0. The molecule has 0 amide bonds. The van der Waals surface area contributed by atoms with Crippen LogP contribution in [0.3, 0.4) is 0 Å². The second kappa shape index (κ2) is 10.2. The first-order valence-corrected chi connectivity index (χ1v) is 9.10. The summed E-state index contributed by atoms with van der Waals surface area (Å²) >= 11 is 5.58. The fourth-order valence-corrected chi connectivity index (χ4v) is 2.81. The number of unbranched alkanes of at least 4 members (excludes halogenated alkanes) is 3. The highest BCUT2D eigenvalue weighted by Gasteiger charge is 2.14. The molecule has 120 valence electrons. The van der Waals surface area contributed by atoms with E-state index in [1.807, 2.05) is 6.92 Å². The van der Waals surface area contributed by atoms with Gasteiger partial charge in [-0.05, 0) is 31.9 Å². The van der Waals surface area contributed by atoms with Crippen molar-refractivity contribution in [3.8, 4) is 0 Å². The quantitative estimate of drug-likeness (QED) is 0.353. The molecule has 0 radical (unpaired) electrons. The number of hydrogen-bond donors (Lipinski definition) is 0. The van der Waals surface area contributed by atoms with Gasteiger partial charge in [-0.15, -0.1) is 11.6 Å². The molecule has 0 atom stereocenters. The van der Waals surface area contributed by atoms with Crippen molar-refractivity contribution in [2.24, 2.45) is 0 Å². The zero-order valence-electron chi connectivity index (χ0n) is 12.4.